The number of nitrogens with zero attached hydrogens (tertiary/aromatic N) is 2. The zero-order valence-corrected chi connectivity index (χ0v) is 15.0. The molecule has 4 nitrogen and oxygen atoms in total. The summed E-state index contributed by atoms with van der Waals surface area (Å²) in [5.74, 6) is 0. The second-order valence-electron chi connectivity index (χ2n) is 5.75. The maximum atomic E-state index is 5.95. The zero-order valence-electron chi connectivity index (χ0n) is 13.4. The first kappa shape index (κ1) is 18.4. The Hall–Kier alpha value is -0.980. The van der Waals surface area contributed by atoms with E-state index in [9.17, 15) is 0 Å². The van der Waals surface area contributed by atoms with Crippen molar-refractivity contribution in [3.05, 3.63) is 41.4 Å². The number of rotatable bonds is 5. The summed E-state index contributed by atoms with van der Waals surface area (Å²) >= 11 is 1.71. The van der Waals surface area contributed by atoms with Gasteiger partial charge in [0.15, 0.2) is 0 Å². The third-order valence-corrected chi connectivity index (χ3v) is 5.27. The number of hydrogen-bond acceptors (Lipinski definition) is 5. The number of methoxy groups -OCH3 is 1. The number of likely N-dealkylation sites (tertiary alicyclic amines) is 1. The molecular weight excluding hydrogens is 330 g/mol. The van der Waals surface area contributed by atoms with E-state index in [4.69, 9.17) is 15.5 Å². The SMILES string of the molecule is COC1CCN(Cc2csc(-c3ccccc3)n2)C(CN)C1.Cl. The van der Waals surface area contributed by atoms with Crippen molar-refractivity contribution in [2.75, 3.05) is 20.2 Å². The molecule has 2 N–H and O–H groups in total. The van der Waals surface area contributed by atoms with E-state index in [0.717, 1.165) is 36.6 Å². The van der Waals surface area contributed by atoms with E-state index in [2.05, 4.69) is 34.5 Å². The molecule has 1 aromatic carbocycles. The molecule has 2 heterocycles. The lowest BCUT2D eigenvalue weighted by Crippen LogP contribution is -2.48. The molecule has 0 bridgehead atoms. The second kappa shape index (κ2) is 8.76. The van der Waals surface area contributed by atoms with E-state index in [1.807, 2.05) is 6.07 Å². The van der Waals surface area contributed by atoms with Crippen LogP contribution in [0.4, 0.5) is 0 Å². The quantitative estimate of drug-likeness (QED) is 0.897. The smallest absolute Gasteiger partial charge is 0.123 e. The van der Waals surface area contributed by atoms with E-state index < -0.39 is 0 Å². The maximum absolute atomic E-state index is 5.95. The van der Waals surface area contributed by atoms with Crippen molar-refractivity contribution in [3.63, 3.8) is 0 Å². The van der Waals surface area contributed by atoms with Crippen molar-refractivity contribution < 1.29 is 4.74 Å². The van der Waals surface area contributed by atoms with Crippen molar-refractivity contribution >= 4 is 23.7 Å². The highest BCUT2D eigenvalue weighted by atomic mass is 35.5. The Kier molecular flexibility index (Phi) is 6.99. The third kappa shape index (κ3) is 4.52. The minimum atomic E-state index is 0. The second-order valence-corrected chi connectivity index (χ2v) is 6.61. The lowest BCUT2D eigenvalue weighted by atomic mass is 9.99. The molecule has 0 radical (unpaired) electrons. The summed E-state index contributed by atoms with van der Waals surface area (Å²) in [6.45, 7) is 2.58. The van der Waals surface area contributed by atoms with Crippen LogP contribution in [0.25, 0.3) is 10.6 Å². The van der Waals surface area contributed by atoms with E-state index >= 15 is 0 Å². The van der Waals surface area contributed by atoms with E-state index in [-0.39, 0.29) is 12.4 Å². The number of ether oxygens (including phenoxy) is 1. The summed E-state index contributed by atoms with van der Waals surface area (Å²) in [7, 11) is 1.79. The van der Waals surface area contributed by atoms with Gasteiger partial charge in [-0.25, -0.2) is 4.98 Å². The van der Waals surface area contributed by atoms with Crippen LogP contribution in [0.2, 0.25) is 0 Å². The van der Waals surface area contributed by atoms with Gasteiger partial charge in [0.05, 0.1) is 11.8 Å². The molecule has 0 saturated carbocycles. The molecule has 1 aliphatic heterocycles. The average Bonchev–Trinajstić information content (AvgIpc) is 3.04. The molecule has 2 aromatic rings. The van der Waals surface area contributed by atoms with Crippen LogP contribution in [0.5, 0.6) is 0 Å². The first-order valence-corrected chi connectivity index (χ1v) is 8.65. The number of hydrogen-bond donors (Lipinski definition) is 1. The van der Waals surface area contributed by atoms with E-state index in [0.29, 0.717) is 18.7 Å². The van der Waals surface area contributed by atoms with Crippen LogP contribution >= 0.6 is 23.7 Å². The molecular formula is C17H24ClN3OS. The number of halogens is 1. The van der Waals surface area contributed by atoms with Crippen molar-refractivity contribution in [1.82, 2.24) is 9.88 Å². The van der Waals surface area contributed by atoms with Gasteiger partial charge in [-0.15, -0.1) is 23.7 Å². The third-order valence-electron chi connectivity index (χ3n) is 4.33. The van der Waals surface area contributed by atoms with Crippen LogP contribution in [-0.2, 0) is 11.3 Å². The molecule has 1 fully saturated rings. The number of thiazole rings is 1. The minimum Gasteiger partial charge on any atom is -0.381 e. The van der Waals surface area contributed by atoms with Crippen LogP contribution in [0.15, 0.2) is 35.7 Å². The van der Waals surface area contributed by atoms with Crippen LogP contribution in [0.1, 0.15) is 18.5 Å². The molecule has 2 atom stereocenters. The molecule has 1 aromatic heterocycles. The summed E-state index contributed by atoms with van der Waals surface area (Å²) in [6, 6.07) is 10.7. The minimum absolute atomic E-state index is 0. The van der Waals surface area contributed by atoms with E-state index in [1.165, 1.54) is 5.56 Å². The molecule has 0 amide bonds. The summed E-state index contributed by atoms with van der Waals surface area (Å²) in [5.41, 5.74) is 8.27. The maximum Gasteiger partial charge on any atom is 0.123 e. The van der Waals surface area contributed by atoms with Crippen molar-refractivity contribution in [1.29, 1.82) is 0 Å². The lowest BCUT2D eigenvalue weighted by molar-refractivity contribution is 0.00985. The average molecular weight is 354 g/mol. The highest BCUT2D eigenvalue weighted by Crippen LogP contribution is 2.26. The van der Waals surface area contributed by atoms with Gasteiger partial charge < -0.3 is 10.5 Å². The van der Waals surface area contributed by atoms with Crippen molar-refractivity contribution in [2.45, 2.75) is 31.5 Å². The van der Waals surface area contributed by atoms with Gasteiger partial charge in [0.1, 0.15) is 5.01 Å². The van der Waals surface area contributed by atoms with Crippen LogP contribution in [-0.4, -0.2) is 42.2 Å². The summed E-state index contributed by atoms with van der Waals surface area (Å²) in [4.78, 5) is 7.23. The number of benzene rings is 1. The van der Waals surface area contributed by atoms with Crippen LogP contribution < -0.4 is 5.73 Å². The standard InChI is InChI=1S/C17H23N3OS.ClH/c1-21-16-7-8-20(15(9-16)10-18)11-14-12-22-17(19-14)13-5-3-2-4-6-13;/h2-6,12,15-16H,7-11,18H2,1H3;1H. The van der Waals surface area contributed by atoms with Gasteiger partial charge >= 0.3 is 0 Å². The monoisotopic (exact) mass is 353 g/mol. The Bertz CT molecular complexity index is 593. The van der Waals surface area contributed by atoms with Crippen molar-refractivity contribution in [2.24, 2.45) is 5.73 Å². The first-order valence-electron chi connectivity index (χ1n) is 7.77. The fourth-order valence-electron chi connectivity index (χ4n) is 3.03. The Morgan fingerprint density at radius 2 is 2.13 bits per heavy atom. The Balaban J connectivity index is 0.00000192. The predicted molar refractivity (Wildman–Crippen MR) is 98.1 cm³/mol. The first-order chi connectivity index (χ1) is 10.8. The fraction of sp³-hybridized carbons (Fsp3) is 0.471. The molecule has 23 heavy (non-hydrogen) atoms. The number of nitrogens with two attached hydrogens (primary N) is 1. The summed E-state index contributed by atoms with van der Waals surface area (Å²) in [5, 5.41) is 3.25. The molecule has 6 heteroatoms. The molecule has 0 spiro atoms. The predicted octanol–water partition coefficient (Wildman–Crippen LogP) is 3.17. The molecule has 1 aliphatic rings. The molecule has 3 rings (SSSR count). The van der Waals surface area contributed by atoms with Gasteiger partial charge in [-0.1, -0.05) is 30.3 Å². The van der Waals surface area contributed by atoms with Gasteiger partial charge in [-0.05, 0) is 12.8 Å². The van der Waals surface area contributed by atoms with Gasteiger partial charge in [0.2, 0.25) is 0 Å². The molecule has 126 valence electrons. The van der Waals surface area contributed by atoms with Gasteiger partial charge in [0, 0.05) is 43.7 Å². The lowest BCUT2D eigenvalue weighted by Gasteiger charge is -2.38. The topological polar surface area (TPSA) is 51.4 Å². The number of aromatic nitrogens is 1. The fourth-order valence-corrected chi connectivity index (χ4v) is 3.85. The van der Waals surface area contributed by atoms with Crippen LogP contribution in [0.3, 0.4) is 0 Å². The van der Waals surface area contributed by atoms with Crippen molar-refractivity contribution in [3.8, 4) is 10.6 Å². The van der Waals surface area contributed by atoms with Gasteiger partial charge in [0.25, 0.3) is 0 Å². The number of piperidine rings is 1. The highest BCUT2D eigenvalue weighted by molar-refractivity contribution is 7.13. The van der Waals surface area contributed by atoms with Gasteiger partial charge in [-0.2, -0.15) is 0 Å². The highest BCUT2D eigenvalue weighted by Gasteiger charge is 2.27. The molecule has 1 saturated heterocycles. The van der Waals surface area contributed by atoms with Gasteiger partial charge in [-0.3, -0.25) is 4.90 Å². The van der Waals surface area contributed by atoms with E-state index in [1.54, 1.807) is 18.4 Å². The summed E-state index contributed by atoms with van der Waals surface area (Å²) < 4.78 is 5.49. The largest absolute Gasteiger partial charge is 0.381 e. The summed E-state index contributed by atoms with van der Waals surface area (Å²) in [6.07, 6.45) is 2.44. The molecule has 2 unspecified atom stereocenters. The Morgan fingerprint density at radius 3 is 2.83 bits per heavy atom. The molecule has 0 aliphatic carbocycles. The Labute approximate surface area is 148 Å². The zero-order chi connectivity index (χ0) is 15.4. The van der Waals surface area contributed by atoms with Crippen LogP contribution in [0, 0.1) is 0 Å². The normalized spacial score (nSPS) is 21.8. The Morgan fingerprint density at radius 1 is 1.35 bits per heavy atom.